The number of rotatable bonds is 5. The van der Waals surface area contributed by atoms with Crippen LogP contribution in [0.4, 0.5) is 5.82 Å². The van der Waals surface area contributed by atoms with Gasteiger partial charge in [0.25, 0.3) is 0 Å². The molecular weight excluding hydrogens is 272 g/mol. The van der Waals surface area contributed by atoms with E-state index in [9.17, 15) is 9.59 Å². The molecule has 104 valence electrons. The molecule has 0 aliphatic rings. The van der Waals surface area contributed by atoms with Crippen molar-refractivity contribution in [1.29, 1.82) is 0 Å². The van der Waals surface area contributed by atoms with Crippen LogP contribution in [0.2, 0.25) is 5.15 Å². The highest BCUT2D eigenvalue weighted by Gasteiger charge is 2.24. The van der Waals surface area contributed by atoms with Crippen molar-refractivity contribution in [2.75, 3.05) is 19.5 Å². The minimum Gasteiger partial charge on any atom is -0.469 e. The third kappa shape index (κ3) is 4.40. The molecule has 1 heterocycles. The Morgan fingerprint density at radius 2 is 2.05 bits per heavy atom. The number of carbonyl (C=O) groups excluding carboxylic acids is 2. The van der Waals surface area contributed by atoms with Gasteiger partial charge in [0.05, 0.1) is 20.6 Å². The molecule has 1 rings (SSSR count). The van der Waals surface area contributed by atoms with Gasteiger partial charge in [-0.25, -0.2) is 9.78 Å². The predicted molar refractivity (Wildman–Crippen MR) is 70.0 cm³/mol. The van der Waals surface area contributed by atoms with Gasteiger partial charge in [-0.3, -0.25) is 4.79 Å². The van der Waals surface area contributed by atoms with Crippen LogP contribution in [0.15, 0.2) is 12.1 Å². The Labute approximate surface area is 116 Å². The first kappa shape index (κ1) is 15.2. The average Bonchev–Trinajstić information content (AvgIpc) is 2.40. The Hall–Kier alpha value is -1.82. The second-order valence-electron chi connectivity index (χ2n) is 3.80. The second kappa shape index (κ2) is 6.94. The van der Waals surface area contributed by atoms with E-state index in [-0.39, 0.29) is 11.6 Å². The molecule has 7 heteroatoms. The topological polar surface area (TPSA) is 77.5 Å². The molecule has 1 atom stereocenters. The van der Waals surface area contributed by atoms with Gasteiger partial charge in [-0.05, 0) is 18.6 Å². The van der Waals surface area contributed by atoms with E-state index < -0.39 is 18.0 Å². The molecule has 0 amide bonds. The summed E-state index contributed by atoms with van der Waals surface area (Å²) in [7, 11) is 2.49. The Balaban J connectivity index is 2.90. The monoisotopic (exact) mass is 286 g/mol. The first-order valence-electron chi connectivity index (χ1n) is 5.52. The SMILES string of the molecule is COC(=O)C[C@@H](Nc1nc(Cl)ccc1C)C(=O)OC. The fourth-order valence-electron chi connectivity index (χ4n) is 1.40. The highest BCUT2D eigenvalue weighted by atomic mass is 35.5. The number of esters is 2. The summed E-state index contributed by atoms with van der Waals surface area (Å²) in [4.78, 5) is 26.9. The zero-order chi connectivity index (χ0) is 14.4. The van der Waals surface area contributed by atoms with Gasteiger partial charge in [0.15, 0.2) is 0 Å². The van der Waals surface area contributed by atoms with Gasteiger partial charge in [-0.15, -0.1) is 0 Å². The minimum atomic E-state index is -0.873. The zero-order valence-corrected chi connectivity index (χ0v) is 11.7. The number of methoxy groups -OCH3 is 2. The smallest absolute Gasteiger partial charge is 0.328 e. The van der Waals surface area contributed by atoms with Crippen molar-refractivity contribution in [3.8, 4) is 0 Å². The van der Waals surface area contributed by atoms with Gasteiger partial charge in [-0.1, -0.05) is 17.7 Å². The number of halogens is 1. The standard InChI is InChI=1S/C12H15ClN2O4/c1-7-4-5-9(13)15-11(7)14-8(12(17)19-3)6-10(16)18-2/h4-5,8H,6H2,1-3H3,(H,14,15)/t8-/m1/s1. The highest BCUT2D eigenvalue weighted by molar-refractivity contribution is 6.29. The van der Waals surface area contributed by atoms with Crippen molar-refractivity contribution in [3.63, 3.8) is 0 Å². The summed E-state index contributed by atoms with van der Waals surface area (Å²) in [5, 5.41) is 3.12. The maximum Gasteiger partial charge on any atom is 0.328 e. The fourth-order valence-corrected chi connectivity index (χ4v) is 1.55. The van der Waals surface area contributed by atoms with Crippen LogP contribution in [0.5, 0.6) is 0 Å². The van der Waals surface area contributed by atoms with E-state index in [1.54, 1.807) is 19.1 Å². The van der Waals surface area contributed by atoms with Crippen molar-refractivity contribution >= 4 is 29.4 Å². The van der Waals surface area contributed by atoms with Crippen LogP contribution in [0.25, 0.3) is 0 Å². The summed E-state index contributed by atoms with van der Waals surface area (Å²) in [6.45, 7) is 1.80. The van der Waals surface area contributed by atoms with Gasteiger partial charge >= 0.3 is 11.9 Å². The summed E-state index contributed by atoms with van der Waals surface area (Å²) < 4.78 is 9.16. The molecule has 6 nitrogen and oxygen atoms in total. The lowest BCUT2D eigenvalue weighted by molar-refractivity contribution is -0.148. The van der Waals surface area contributed by atoms with Gasteiger partial charge < -0.3 is 14.8 Å². The number of anilines is 1. The molecule has 0 saturated carbocycles. The Morgan fingerprint density at radius 1 is 1.37 bits per heavy atom. The van der Waals surface area contributed by atoms with Crippen molar-refractivity contribution < 1.29 is 19.1 Å². The van der Waals surface area contributed by atoms with E-state index in [2.05, 4.69) is 19.8 Å². The van der Waals surface area contributed by atoms with Crippen molar-refractivity contribution in [2.45, 2.75) is 19.4 Å². The molecule has 1 aromatic heterocycles. The van der Waals surface area contributed by atoms with E-state index in [0.29, 0.717) is 5.82 Å². The average molecular weight is 287 g/mol. The Bertz CT molecular complexity index is 479. The molecular formula is C12H15ClN2O4. The van der Waals surface area contributed by atoms with Gasteiger partial charge in [0, 0.05) is 0 Å². The summed E-state index contributed by atoms with van der Waals surface area (Å²) in [5.41, 5.74) is 0.795. The first-order chi connectivity index (χ1) is 8.97. The zero-order valence-electron chi connectivity index (χ0n) is 10.9. The van der Waals surface area contributed by atoms with Gasteiger partial charge in [0.2, 0.25) is 0 Å². The third-order valence-electron chi connectivity index (χ3n) is 2.46. The maximum atomic E-state index is 11.6. The first-order valence-corrected chi connectivity index (χ1v) is 5.90. The number of carbonyl (C=O) groups is 2. The van der Waals surface area contributed by atoms with Crippen molar-refractivity contribution in [2.24, 2.45) is 0 Å². The van der Waals surface area contributed by atoms with Crippen molar-refractivity contribution in [1.82, 2.24) is 4.98 Å². The number of hydrogen-bond acceptors (Lipinski definition) is 6. The van der Waals surface area contributed by atoms with E-state index in [0.717, 1.165) is 5.56 Å². The van der Waals surface area contributed by atoms with E-state index in [1.807, 2.05) is 0 Å². The van der Waals surface area contributed by atoms with Crippen LogP contribution in [0.3, 0.4) is 0 Å². The van der Waals surface area contributed by atoms with Crippen LogP contribution in [-0.2, 0) is 19.1 Å². The number of pyridine rings is 1. The number of hydrogen-bond donors (Lipinski definition) is 1. The summed E-state index contributed by atoms with van der Waals surface area (Å²) in [6, 6.07) is 2.52. The molecule has 0 bridgehead atoms. The summed E-state index contributed by atoms with van der Waals surface area (Å²) >= 11 is 5.79. The number of ether oxygens (including phenoxy) is 2. The van der Waals surface area contributed by atoms with E-state index in [4.69, 9.17) is 11.6 Å². The molecule has 0 unspecified atom stereocenters. The molecule has 0 aliphatic heterocycles. The Morgan fingerprint density at radius 3 is 2.63 bits per heavy atom. The molecule has 1 aromatic rings. The summed E-state index contributed by atoms with van der Waals surface area (Å²) in [5.74, 6) is -0.680. The molecule has 19 heavy (non-hydrogen) atoms. The predicted octanol–water partition coefficient (Wildman–Crippen LogP) is 1.56. The highest BCUT2D eigenvalue weighted by Crippen LogP contribution is 2.17. The van der Waals surface area contributed by atoms with Gasteiger partial charge in [0.1, 0.15) is 17.0 Å². The molecule has 0 radical (unpaired) electrons. The van der Waals surface area contributed by atoms with Crippen molar-refractivity contribution in [3.05, 3.63) is 22.8 Å². The molecule has 0 saturated heterocycles. The normalized spacial score (nSPS) is 11.6. The lowest BCUT2D eigenvalue weighted by atomic mass is 10.2. The molecule has 1 N–H and O–H groups in total. The van der Waals surface area contributed by atoms with Gasteiger partial charge in [-0.2, -0.15) is 0 Å². The number of aryl methyl sites for hydroxylation is 1. The van der Waals surface area contributed by atoms with Crippen LogP contribution in [0, 0.1) is 6.92 Å². The number of aromatic nitrogens is 1. The third-order valence-corrected chi connectivity index (χ3v) is 2.67. The molecule has 0 fully saturated rings. The Kier molecular flexibility index (Phi) is 5.57. The summed E-state index contributed by atoms with van der Waals surface area (Å²) in [6.07, 6.45) is -0.156. The lowest BCUT2D eigenvalue weighted by Gasteiger charge is -2.17. The number of nitrogens with one attached hydrogen (secondary N) is 1. The van der Waals surface area contributed by atoms with Crippen LogP contribution in [0.1, 0.15) is 12.0 Å². The molecule has 0 spiro atoms. The molecule has 0 aliphatic carbocycles. The van der Waals surface area contributed by atoms with E-state index in [1.165, 1.54) is 14.2 Å². The van der Waals surface area contributed by atoms with Crippen LogP contribution >= 0.6 is 11.6 Å². The molecule has 0 aromatic carbocycles. The van der Waals surface area contributed by atoms with Crippen LogP contribution in [-0.4, -0.2) is 37.2 Å². The van der Waals surface area contributed by atoms with E-state index >= 15 is 0 Å². The fraction of sp³-hybridized carbons (Fsp3) is 0.417. The van der Waals surface area contributed by atoms with Crippen LogP contribution < -0.4 is 5.32 Å². The lowest BCUT2D eigenvalue weighted by Crippen LogP contribution is -2.34. The quantitative estimate of drug-likeness (QED) is 0.654. The number of nitrogens with zero attached hydrogens (tertiary/aromatic N) is 1. The largest absolute Gasteiger partial charge is 0.469 e. The second-order valence-corrected chi connectivity index (χ2v) is 4.19. The minimum absolute atomic E-state index is 0.156. The maximum absolute atomic E-state index is 11.6.